The van der Waals surface area contributed by atoms with Gasteiger partial charge in [0.1, 0.15) is 22.0 Å². The van der Waals surface area contributed by atoms with Crippen LogP contribution in [0.25, 0.3) is 0 Å². The summed E-state index contributed by atoms with van der Waals surface area (Å²) in [6, 6.07) is 0. The summed E-state index contributed by atoms with van der Waals surface area (Å²) < 4.78 is 19.2. The van der Waals surface area contributed by atoms with Gasteiger partial charge < -0.3 is 29.4 Å². The van der Waals surface area contributed by atoms with E-state index in [9.17, 15) is 38.5 Å². The summed E-state index contributed by atoms with van der Waals surface area (Å²) in [5.74, 6) is 0. The predicted molar refractivity (Wildman–Crippen MR) is 59.0 cm³/mol. The van der Waals surface area contributed by atoms with Crippen molar-refractivity contribution in [1.29, 1.82) is 0 Å². The molecule has 0 fully saturated rings. The molecule has 8 nitrogen and oxygen atoms in total. The first-order chi connectivity index (χ1) is 6.83. The van der Waals surface area contributed by atoms with Gasteiger partial charge in [0.25, 0.3) is 0 Å². The van der Waals surface area contributed by atoms with Gasteiger partial charge >= 0.3 is 35.5 Å². The van der Waals surface area contributed by atoms with E-state index in [-0.39, 0.29) is 43.1 Å². The van der Waals surface area contributed by atoms with Gasteiger partial charge in [-0.3, -0.25) is 0 Å². The fourth-order valence-corrected chi connectivity index (χ4v) is 7.35. The van der Waals surface area contributed by atoms with Crippen LogP contribution in [0.5, 0.6) is 0 Å². The Morgan fingerprint density at radius 2 is 1.00 bits per heavy atom. The molecule has 0 heterocycles. The van der Waals surface area contributed by atoms with E-state index in [1.807, 2.05) is 0 Å². The maximum Gasteiger partial charge on any atom is 4.00 e. The summed E-state index contributed by atoms with van der Waals surface area (Å²) in [6.07, 6.45) is 0. The monoisotopic (exact) mass is 478 g/mol. The molecular formula is MoO8P4S4. The van der Waals surface area contributed by atoms with Crippen LogP contribution in [0, 0.1) is 0 Å². The van der Waals surface area contributed by atoms with E-state index in [1.165, 1.54) is 0 Å². The minimum Gasteiger partial charge on any atom is -0.822 e. The maximum absolute atomic E-state index is 9.86. The molecule has 0 aliphatic heterocycles. The van der Waals surface area contributed by atoms with Gasteiger partial charge in [-0.05, 0) is 0 Å². The minimum atomic E-state index is -4.07. The van der Waals surface area contributed by atoms with Crippen LogP contribution < -0.4 is 29.4 Å². The van der Waals surface area contributed by atoms with E-state index in [1.54, 1.807) is 0 Å². The quantitative estimate of drug-likeness (QED) is 0.306. The smallest absolute Gasteiger partial charge is 0.822 e. The van der Waals surface area contributed by atoms with Crippen LogP contribution in [-0.2, 0) is 53.8 Å². The molecule has 0 rings (SSSR count). The average molecular weight is 476 g/mol. The van der Waals surface area contributed by atoms with E-state index in [0.717, 1.165) is 0 Å². The second kappa shape index (κ2) is 11.3. The number of rotatable bonds is 4. The zero-order chi connectivity index (χ0) is 13.6. The Balaban J connectivity index is -0.000000218. The van der Waals surface area contributed by atoms with Crippen LogP contribution in [0.15, 0.2) is 0 Å². The van der Waals surface area contributed by atoms with Gasteiger partial charge in [0.05, 0.1) is 0 Å². The van der Waals surface area contributed by atoms with Gasteiger partial charge in [-0.15, -0.1) is 35.0 Å². The van der Waals surface area contributed by atoms with Crippen molar-refractivity contribution in [3.8, 4) is 0 Å². The molecule has 0 saturated heterocycles. The molecule has 2 atom stereocenters. The number of hydrogen-bond donors (Lipinski definition) is 0. The minimum absolute atomic E-state index is 0. The second-order valence-corrected chi connectivity index (χ2v) is 17.4. The van der Waals surface area contributed by atoms with Crippen molar-refractivity contribution in [3.05, 3.63) is 0 Å². The van der Waals surface area contributed by atoms with Gasteiger partial charge in [-0.1, -0.05) is 9.13 Å². The van der Waals surface area contributed by atoms with Crippen molar-refractivity contribution in [1.82, 2.24) is 0 Å². The molecule has 0 aliphatic rings. The van der Waals surface area contributed by atoms with Crippen LogP contribution >= 0.6 is 47.8 Å². The third kappa shape index (κ3) is 32.3. The van der Waals surface area contributed by atoms with Crippen LogP contribution in [0.4, 0.5) is 0 Å². The van der Waals surface area contributed by atoms with E-state index < -0.39 is 25.8 Å². The van der Waals surface area contributed by atoms with Crippen LogP contribution in [0.2, 0.25) is 0 Å². The summed E-state index contributed by atoms with van der Waals surface area (Å²) in [6.45, 7) is 0. The summed E-state index contributed by atoms with van der Waals surface area (Å²) in [5, 5.41) is 0. The summed E-state index contributed by atoms with van der Waals surface area (Å²) in [5.41, 5.74) is -8.14. The molecule has 0 bridgehead atoms. The Morgan fingerprint density at radius 3 is 1.00 bits per heavy atom. The summed E-state index contributed by atoms with van der Waals surface area (Å²) in [7, 11) is -5.90. The van der Waals surface area contributed by atoms with Gasteiger partial charge in [0.15, 0.2) is 0 Å². The van der Waals surface area contributed by atoms with Crippen LogP contribution in [0.1, 0.15) is 0 Å². The third-order valence-corrected chi connectivity index (χ3v) is 12.6. The van der Waals surface area contributed by atoms with Crippen molar-refractivity contribution in [2.75, 3.05) is 0 Å². The van der Waals surface area contributed by atoms with Crippen molar-refractivity contribution < 1.29 is 59.6 Å². The normalized spacial score (nSPS) is 12.8. The van der Waals surface area contributed by atoms with E-state index >= 15 is 0 Å². The predicted octanol–water partition coefficient (Wildman–Crippen LogP) is -2.64. The van der Waals surface area contributed by atoms with Crippen molar-refractivity contribution in [3.63, 3.8) is 0 Å². The molecule has 0 amide bonds. The SMILES string of the molecule is O=[P+]([O-])SP([O-])([O-])=S.O=[P+]([O-])SP([O-])([O-])=S.[Mo+4]. The Labute approximate surface area is 130 Å². The fourth-order valence-electron chi connectivity index (χ4n) is 0.163. The van der Waals surface area contributed by atoms with Gasteiger partial charge in [0, 0.05) is 0 Å². The van der Waals surface area contributed by atoms with Gasteiger partial charge in [-0.2, -0.15) is 0 Å². The third-order valence-electron chi connectivity index (χ3n) is 0.333. The molecular weight excluding hydrogens is 476 g/mol. The maximum atomic E-state index is 9.86. The van der Waals surface area contributed by atoms with Crippen LogP contribution in [0.3, 0.4) is 0 Å². The van der Waals surface area contributed by atoms with Crippen molar-refractivity contribution >= 4 is 71.5 Å². The molecule has 0 spiro atoms. The van der Waals surface area contributed by atoms with Gasteiger partial charge in [0.2, 0.25) is 0 Å². The fraction of sp³-hybridized carbons (Fsp3) is 0. The summed E-state index contributed by atoms with van der Waals surface area (Å²) in [4.78, 5) is 58.6. The molecule has 98 valence electrons. The summed E-state index contributed by atoms with van der Waals surface area (Å²) >= 11 is 7.04. The molecule has 17 heteroatoms. The molecule has 0 N–H and O–H groups in total. The first-order valence-corrected chi connectivity index (χ1v) is 14.2. The average Bonchev–Trinajstić information content (AvgIpc) is 1.72. The topological polar surface area (TPSA) is 172 Å². The Kier molecular flexibility index (Phi) is 16.4. The zero-order valence-corrected chi connectivity index (χ0v) is 15.9. The van der Waals surface area contributed by atoms with Crippen LogP contribution in [-0.4, -0.2) is 0 Å². The number of hydrogen-bond acceptors (Lipinski definition) is 12. The molecule has 0 radical (unpaired) electrons. The van der Waals surface area contributed by atoms with E-state index in [0.29, 0.717) is 0 Å². The Bertz CT molecular complexity index is 309. The molecule has 0 aromatic carbocycles. The molecule has 0 aromatic heterocycles. The molecule has 0 aliphatic carbocycles. The standard InChI is InChI=1S/Mo.2H2O4P2S2/c;2*1-5(2)8-6(3,4)7/h;2*(H2,3,4,7)/q+4;;/p-4. The van der Waals surface area contributed by atoms with E-state index in [2.05, 4.69) is 23.6 Å². The molecule has 2 unspecified atom stereocenters. The van der Waals surface area contributed by atoms with Gasteiger partial charge in [-0.25, -0.2) is 0 Å². The van der Waals surface area contributed by atoms with Crippen molar-refractivity contribution in [2.24, 2.45) is 0 Å². The molecule has 17 heavy (non-hydrogen) atoms. The molecule has 0 saturated carbocycles. The van der Waals surface area contributed by atoms with Crippen molar-refractivity contribution in [2.45, 2.75) is 0 Å². The first kappa shape index (κ1) is 24.7. The zero-order valence-electron chi connectivity index (χ0n) is 7.10. The Morgan fingerprint density at radius 1 is 0.824 bits per heavy atom. The second-order valence-electron chi connectivity index (χ2n) is 1.50. The Hall–Kier alpha value is 2.65. The molecule has 0 aromatic rings. The van der Waals surface area contributed by atoms with E-state index in [4.69, 9.17) is 0 Å². The largest absolute Gasteiger partial charge is 4.00 e. The first-order valence-electron chi connectivity index (χ1n) is 2.56.